The predicted molar refractivity (Wildman–Crippen MR) is 62.7 cm³/mol. The molecule has 0 heterocycles. The molecule has 0 rings (SSSR count). The lowest BCUT2D eigenvalue weighted by atomic mass is 10.1. The van der Waals surface area contributed by atoms with Crippen LogP contribution in [-0.4, -0.2) is 24.1 Å². The molecule has 0 aromatic rings. The van der Waals surface area contributed by atoms with Crippen LogP contribution in [0.25, 0.3) is 0 Å². The van der Waals surface area contributed by atoms with Gasteiger partial charge in [0.15, 0.2) is 0 Å². The van der Waals surface area contributed by atoms with Crippen LogP contribution in [0.15, 0.2) is 0 Å². The molecule has 0 aliphatic rings. The lowest BCUT2D eigenvalue weighted by Gasteiger charge is -2.05. The van der Waals surface area contributed by atoms with Gasteiger partial charge in [0.1, 0.15) is 0 Å². The number of nitrogens with one attached hydrogen (secondary N) is 1. The molecule has 0 radical (unpaired) electrons. The maximum Gasteiger partial charge on any atom is 0.222 e. The summed E-state index contributed by atoms with van der Waals surface area (Å²) in [5.74, 6) is 0. The van der Waals surface area contributed by atoms with E-state index >= 15 is 0 Å². The summed E-state index contributed by atoms with van der Waals surface area (Å²) in [6.07, 6.45) is 7.58. The van der Waals surface area contributed by atoms with Crippen LogP contribution in [0.1, 0.15) is 52.4 Å². The van der Waals surface area contributed by atoms with E-state index in [2.05, 4.69) is 12.2 Å². The summed E-state index contributed by atoms with van der Waals surface area (Å²) >= 11 is 0. The lowest BCUT2D eigenvalue weighted by Crippen LogP contribution is -2.30. The molecule has 1 unspecified atom stereocenters. The van der Waals surface area contributed by atoms with Crippen molar-refractivity contribution in [1.82, 2.24) is 5.32 Å². The Hall–Kier alpha value is -0.640. The number of rotatable bonds is 10. The second-order valence-corrected chi connectivity index (χ2v) is 4.11. The maximum absolute atomic E-state index is 10.3. The molecule has 15 heavy (non-hydrogen) atoms. The van der Waals surface area contributed by atoms with Crippen molar-refractivity contribution < 1.29 is 4.92 Å². The van der Waals surface area contributed by atoms with Crippen molar-refractivity contribution in [1.29, 1.82) is 0 Å². The van der Waals surface area contributed by atoms with E-state index in [1.54, 1.807) is 6.92 Å². The fraction of sp³-hybridized carbons (Fsp3) is 1.00. The van der Waals surface area contributed by atoms with Crippen LogP contribution in [0.5, 0.6) is 0 Å². The van der Waals surface area contributed by atoms with Gasteiger partial charge >= 0.3 is 0 Å². The molecule has 0 aromatic carbocycles. The van der Waals surface area contributed by atoms with Gasteiger partial charge in [0.05, 0.1) is 6.54 Å². The zero-order chi connectivity index (χ0) is 11.5. The first-order valence-corrected chi connectivity index (χ1v) is 6.02. The summed E-state index contributed by atoms with van der Waals surface area (Å²) in [5.41, 5.74) is 0. The van der Waals surface area contributed by atoms with Crippen molar-refractivity contribution in [3.63, 3.8) is 0 Å². The van der Waals surface area contributed by atoms with Gasteiger partial charge in [-0.25, -0.2) is 0 Å². The summed E-state index contributed by atoms with van der Waals surface area (Å²) in [7, 11) is 0. The number of nitrogens with zero attached hydrogens (tertiary/aromatic N) is 1. The average molecular weight is 216 g/mol. The molecule has 0 bridgehead atoms. The van der Waals surface area contributed by atoms with Gasteiger partial charge in [0, 0.05) is 11.8 Å². The van der Waals surface area contributed by atoms with Gasteiger partial charge in [-0.05, 0) is 13.0 Å². The van der Waals surface area contributed by atoms with Gasteiger partial charge in [-0.1, -0.05) is 39.0 Å². The minimum Gasteiger partial charge on any atom is -0.310 e. The number of nitro groups is 1. The average Bonchev–Trinajstić information content (AvgIpc) is 2.21. The van der Waals surface area contributed by atoms with Gasteiger partial charge in [-0.15, -0.1) is 0 Å². The minimum atomic E-state index is -0.468. The fourth-order valence-electron chi connectivity index (χ4n) is 1.42. The Morgan fingerprint density at radius 2 is 1.80 bits per heavy atom. The number of hydrogen-bond donors (Lipinski definition) is 1. The largest absolute Gasteiger partial charge is 0.310 e. The zero-order valence-corrected chi connectivity index (χ0v) is 10.00. The van der Waals surface area contributed by atoms with E-state index in [9.17, 15) is 10.1 Å². The zero-order valence-electron chi connectivity index (χ0n) is 10.00. The minimum absolute atomic E-state index is 0.242. The molecular weight excluding hydrogens is 192 g/mol. The molecule has 4 heteroatoms. The normalized spacial score (nSPS) is 12.7. The molecule has 0 saturated carbocycles. The standard InChI is InChI=1S/C11H24N2O2/c1-3-4-5-6-7-8-9-12-10-11(2)13(14)15/h11-12H,3-10H2,1-2H3. The fourth-order valence-corrected chi connectivity index (χ4v) is 1.42. The van der Waals surface area contributed by atoms with Crippen molar-refractivity contribution in [3.05, 3.63) is 10.1 Å². The van der Waals surface area contributed by atoms with Crippen molar-refractivity contribution in [3.8, 4) is 0 Å². The third-order valence-corrected chi connectivity index (χ3v) is 2.51. The van der Waals surface area contributed by atoms with Crippen molar-refractivity contribution >= 4 is 0 Å². The molecule has 0 aliphatic carbocycles. The van der Waals surface area contributed by atoms with Crippen LogP contribution in [0.2, 0.25) is 0 Å². The summed E-state index contributed by atoms with van der Waals surface area (Å²) in [6, 6.07) is -0.468. The van der Waals surface area contributed by atoms with Gasteiger partial charge in [0.25, 0.3) is 0 Å². The highest BCUT2D eigenvalue weighted by molar-refractivity contribution is 4.54. The molecule has 0 spiro atoms. The van der Waals surface area contributed by atoms with Gasteiger partial charge in [-0.3, -0.25) is 10.1 Å². The third-order valence-electron chi connectivity index (χ3n) is 2.51. The Balaban J connectivity index is 3.08. The van der Waals surface area contributed by atoms with Crippen molar-refractivity contribution in [2.75, 3.05) is 13.1 Å². The van der Waals surface area contributed by atoms with Crippen LogP contribution < -0.4 is 5.32 Å². The highest BCUT2D eigenvalue weighted by Gasteiger charge is 2.10. The molecule has 0 fully saturated rings. The Morgan fingerprint density at radius 3 is 2.40 bits per heavy atom. The molecule has 90 valence electrons. The highest BCUT2D eigenvalue weighted by atomic mass is 16.6. The van der Waals surface area contributed by atoms with E-state index in [1.165, 1.54) is 32.1 Å². The quantitative estimate of drug-likeness (QED) is 0.347. The van der Waals surface area contributed by atoms with Gasteiger partial charge in [-0.2, -0.15) is 0 Å². The number of unbranched alkanes of at least 4 members (excludes halogenated alkanes) is 5. The van der Waals surface area contributed by atoms with Crippen LogP contribution in [0.4, 0.5) is 0 Å². The van der Waals surface area contributed by atoms with Crippen LogP contribution in [-0.2, 0) is 0 Å². The smallest absolute Gasteiger partial charge is 0.222 e. The highest BCUT2D eigenvalue weighted by Crippen LogP contribution is 2.03. The topological polar surface area (TPSA) is 55.2 Å². The molecule has 1 N–H and O–H groups in total. The molecule has 1 atom stereocenters. The van der Waals surface area contributed by atoms with E-state index in [4.69, 9.17) is 0 Å². The predicted octanol–water partition coefficient (Wildman–Crippen LogP) is 2.60. The van der Waals surface area contributed by atoms with E-state index < -0.39 is 6.04 Å². The first kappa shape index (κ1) is 14.4. The monoisotopic (exact) mass is 216 g/mol. The third kappa shape index (κ3) is 9.66. The van der Waals surface area contributed by atoms with E-state index in [0.29, 0.717) is 6.54 Å². The Labute approximate surface area is 92.6 Å². The van der Waals surface area contributed by atoms with Crippen LogP contribution >= 0.6 is 0 Å². The molecule has 0 saturated heterocycles. The molecule has 4 nitrogen and oxygen atoms in total. The molecule has 0 aliphatic heterocycles. The summed E-state index contributed by atoms with van der Waals surface area (Å²) in [5, 5.41) is 13.4. The summed E-state index contributed by atoms with van der Waals surface area (Å²) < 4.78 is 0. The van der Waals surface area contributed by atoms with E-state index in [-0.39, 0.29) is 4.92 Å². The van der Waals surface area contributed by atoms with E-state index in [1.807, 2.05) is 0 Å². The number of hydrogen-bond acceptors (Lipinski definition) is 3. The molecule has 0 aromatic heterocycles. The first-order chi connectivity index (χ1) is 7.18. The SMILES string of the molecule is CCCCCCCCNCC(C)[N+](=O)[O-]. The Bertz CT molecular complexity index is 163. The summed E-state index contributed by atoms with van der Waals surface area (Å²) in [6.45, 7) is 5.24. The second kappa shape index (κ2) is 9.90. The van der Waals surface area contributed by atoms with Crippen LogP contribution in [0, 0.1) is 10.1 Å². The molecule has 0 amide bonds. The lowest BCUT2D eigenvalue weighted by molar-refractivity contribution is -0.515. The Kier molecular flexibility index (Phi) is 9.48. The first-order valence-electron chi connectivity index (χ1n) is 6.02. The summed E-state index contributed by atoms with van der Waals surface area (Å²) in [4.78, 5) is 10.1. The second-order valence-electron chi connectivity index (χ2n) is 4.11. The van der Waals surface area contributed by atoms with Crippen molar-refractivity contribution in [2.45, 2.75) is 58.4 Å². The van der Waals surface area contributed by atoms with E-state index in [0.717, 1.165) is 13.0 Å². The molecular formula is C11H24N2O2. The maximum atomic E-state index is 10.3. The van der Waals surface area contributed by atoms with Gasteiger partial charge < -0.3 is 5.32 Å². The Morgan fingerprint density at radius 1 is 1.20 bits per heavy atom. The van der Waals surface area contributed by atoms with Crippen LogP contribution in [0.3, 0.4) is 0 Å². The van der Waals surface area contributed by atoms with Gasteiger partial charge in [0.2, 0.25) is 6.04 Å². The van der Waals surface area contributed by atoms with Crippen molar-refractivity contribution in [2.24, 2.45) is 0 Å².